The fourth-order valence-electron chi connectivity index (χ4n) is 3.36. The number of furan rings is 1. The van der Waals surface area contributed by atoms with Gasteiger partial charge in [0.25, 0.3) is 5.56 Å². The number of thiazole rings is 1. The van der Waals surface area contributed by atoms with E-state index in [1.807, 2.05) is 36.4 Å². The van der Waals surface area contributed by atoms with Crippen molar-refractivity contribution in [2.24, 2.45) is 0 Å². The second-order valence-corrected chi connectivity index (χ2v) is 10.1. The van der Waals surface area contributed by atoms with E-state index in [2.05, 4.69) is 0 Å². The van der Waals surface area contributed by atoms with Crippen LogP contribution >= 0.6 is 46.9 Å². The molecule has 3 heterocycles. The van der Waals surface area contributed by atoms with Gasteiger partial charge >= 0.3 is 0 Å². The van der Waals surface area contributed by atoms with Crippen LogP contribution in [0.15, 0.2) is 81.3 Å². The quantitative estimate of drug-likeness (QED) is 0.143. The van der Waals surface area contributed by atoms with Crippen LogP contribution in [0, 0.1) is 9.77 Å². The Hall–Kier alpha value is -2.72. The van der Waals surface area contributed by atoms with Crippen molar-refractivity contribution in [1.29, 1.82) is 0 Å². The molecule has 33 heavy (non-hydrogen) atoms. The van der Waals surface area contributed by atoms with Crippen molar-refractivity contribution in [3.05, 3.63) is 103 Å². The average Bonchev–Trinajstić information content (AvgIpc) is 3.43. The number of benzene rings is 2. The molecule has 5 nitrogen and oxygen atoms in total. The van der Waals surface area contributed by atoms with Crippen LogP contribution in [0.4, 0.5) is 4.39 Å². The first-order valence-electron chi connectivity index (χ1n) is 9.82. The molecular formula is C23H15ClFN3O2S3. The summed E-state index contributed by atoms with van der Waals surface area (Å²) in [6.45, 7) is 0.377. The van der Waals surface area contributed by atoms with E-state index in [4.69, 9.17) is 33.2 Å². The Labute approximate surface area is 206 Å². The standard InChI is InChI=1S/C23H15ClFN3O2S3/c24-18-11-15(25)9-8-14(18)13-32-22-26-20-19(21(29)28(22)16-5-2-1-3-6-16)33-23(31)27(20)12-17-7-4-10-30-17/h1-11H,12-13H2. The van der Waals surface area contributed by atoms with E-state index in [-0.39, 0.29) is 5.56 Å². The molecule has 0 fully saturated rings. The zero-order chi connectivity index (χ0) is 22.9. The van der Waals surface area contributed by atoms with Crippen LogP contribution in [0.3, 0.4) is 0 Å². The van der Waals surface area contributed by atoms with Crippen molar-refractivity contribution in [3.8, 4) is 5.69 Å². The average molecular weight is 516 g/mol. The van der Waals surface area contributed by atoms with Gasteiger partial charge in [-0.25, -0.2) is 9.37 Å². The molecule has 0 saturated carbocycles. The number of aromatic nitrogens is 3. The molecule has 10 heteroatoms. The molecule has 0 bridgehead atoms. The van der Waals surface area contributed by atoms with Crippen LogP contribution in [-0.2, 0) is 12.3 Å². The minimum absolute atomic E-state index is 0.201. The fraction of sp³-hybridized carbons (Fsp3) is 0.0870. The summed E-state index contributed by atoms with van der Waals surface area (Å²) in [5.41, 5.74) is 1.75. The van der Waals surface area contributed by atoms with Gasteiger partial charge < -0.3 is 4.42 Å². The van der Waals surface area contributed by atoms with Crippen LogP contribution in [0.1, 0.15) is 11.3 Å². The Bertz CT molecular complexity index is 1560. The van der Waals surface area contributed by atoms with Crippen LogP contribution < -0.4 is 5.56 Å². The third-order valence-electron chi connectivity index (χ3n) is 4.94. The van der Waals surface area contributed by atoms with E-state index in [9.17, 15) is 9.18 Å². The van der Waals surface area contributed by atoms with Gasteiger partial charge in [-0.05, 0) is 54.2 Å². The largest absolute Gasteiger partial charge is 0.467 e. The fourth-order valence-corrected chi connectivity index (χ4v) is 5.94. The molecule has 3 aromatic heterocycles. The summed E-state index contributed by atoms with van der Waals surface area (Å²) in [6, 6.07) is 17.2. The number of nitrogens with zero attached hydrogens (tertiary/aromatic N) is 3. The van der Waals surface area contributed by atoms with Gasteiger partial charge in [0.15, 0.2) is 14.8 Å². The summed E-state index contributed by atoms with van der Waals surface area (Å²) in [5, 5.41) is 0.813. The van der Waals surface area contributed by atoms with Gasteiger partial charge in [-0.15, -0.1) is 0 Å². The Kier molecular flexibility index (Phi) is 6.20. The first-order chi connectivity index (χ1) is 16.0. The van der Waals surface area contributed by atoms with Crippen molar-refractivity contribution in [2.75, 3.05) is 0 Å². The molecule has 0 atom stereocenters. The van der Waals surface area contributed by atoms with E-state index in [1.165, 1.54) is 35.2 Å². The maximum absolute atomic E-state index is 13.6. The van der Waals surface area contributed by atoms with E-state index in [1.54, 1.807) is 27.5 Å². The molecule has 0 aliphatic carbocycles. The van der Waals surface area contributed by atoms with Crippen molar-refractivity contribution in [3.63, 3.8) is 0 Å². The second-order valence-electron chi connectivity index (χ2n) is 7.08. The summed E-state index contributed by atoms with van der Waals surface area (Å²) < 4.78 is 23.3. The minimum Gasteiger partial charge on any atom is -0.467 e. The van der Waals surface area contributed by atoms with Crippen LogP contribution in [0.2, 0.25) is 5.02 Å². The van der Waals surface area contributed by atoms with Crippen LogP contribution in [0.25, 0.3) is 16.0 Å². The molecule has 0 radical (unpaired) electrons. The zero-order valence-electron chi connectivity index (χ0n) is 16.9. The molecule has 0 saturated heterocycles. The number of hydrogen-bond acceptors (Lipinski definition) is 6. The second kappa shape index (κ2) is 9.26. The molecule has 2 aromatic carbocycles. The molecule has 0 aliphatic rings. The highest BCUT2D eigenvalue weighted by atomic mass is 35.5. The van der Waals surface area contributed by atoms with Crippen molar-refractivity contribution >= 4 is 57.3 Å². The number of para-hydroxylation sites is 1. The predicted octanol–water partition coefficient (Wildman–Crippen LogP) is 6.70. The van der Waals surface area contributed by atoms with Gasteiger partial charge in [0.2, 0.25) is 0 Å². The zero-order valence-corrected chi connectivity index (χ0v) is 20.1. The summed E-state index contributed by atoms with van der Waals surface area (Å²) in [6.07, 6.45) is 1.59. The molecule has 0 aliphatic heterocycles. The lowest BCUT2D eigenvalue weighted by atomic mass is 10.2. The predicted molar refractivity (Wildman–Crippen MR) is 133 cm³/mol. The van der Waals surface area contributed by atoms with Crippen molar-refractivity contribution in [2.45, 2.75) is 17.5 Å². The lowest BCUT2D eigenvalue weighted by molar-refractivity contribution is 0.495. The molecule has 5 rings (SSSR count). The molecule has 0 amide bonds. The van der Waals surface area contributed by atoms with Gasteiger partial charge in [0.1, 0.15) is 16.3 Å². The Morgan fingerprint density at radius 3 is 2.70 bits per heavy atom. The number of thioether (sulfide) groups is 1. The third-order valence-corrected chi connectivity index (χ3v) is 7.70. The molecule has 0 unspecified atom stereocenters. The highest BCUT2D eigenvalue weighted by molar-refractivity contribution is 7.98. The maximum Gasteiger partial charge on any atom is 0.278 e. The first kappa shape index (κ1) is 22.1. The first-order valence-corrected chi connectivity index (χ1v) is 12.4. The SMILES string of the molecule is O=c1c2sc(=S)n(Cc3ccco3)c2nc(SCc2ccc(F)cc2Cl)n1-c1ccccc1. The number of halogens is 2. The Morgan fingerprint density at radius 1 is 1.15 bits per heavy atom. The lowest BCUT2D eigenvalue weighted by Crippen LogP contribution is -2.21. The third kappa shape index (κ3) is 4.41. The van der Waals surface area contributed by atoms with E-state index in [0.29, 0.717) is 48.2 Å². The summed E-state index contributed by atoms with van der Waals surface area (Å²) >= 11 is 14.3. The van der Waals surface area contributed by atoms with Gasteiger partial charge in [-0.1, -0.05) is 59.0 Å². The highest BCUT2D eigenvalue weighted by Gasteiger charge is 2.19. The summed E-state index contributed by atoms with van der Waals surface area (Å²) in [4.78, 5) is 18.5. The van der Waals surface area contributed by atoms with Gasteiger partial charge in [-0.2, -0.15) is 0 Å². The normalized spacial score (nSPS) is 11.3. The number of fused-ring (bicyclic) bond motifs is 1. The van der Waals surface area contributed by atoms with Crippen molar-refractivity contribution < 1.29 is 8.81 Å². The summed E-state index contributed by atoms with van der Waals surface area (Å²) in [7, 11) is 0. The number of rotatable bonds is 6. The number of hydrogen-bond donors (Lipinski definition) is 0. The lowest BCUT2D eigenvalue weighted by Gasteiger charge is -2.13. The minimum atomic E-state index is -0.398. The van der Waals surface area contributed by atoms with E-state index in [0.717, 1.165) is 5.56 Å². The monoisotopic (exact) mass is 515 g/mol. The van der Waals surface area contributed by atoms with Crippen LogP contribution in [0.5, 0.6) is 0 Å². The van der Waals surface area contributed by atoms with Gasteiger partial charge in [0.05, 0.1) is 18.5 Å². The molecule has 166 valence electrons. The van der Waals surface area contributed by atoms with Crippen LogP contribution in [-0.4, -0.2) is 14.1 Å². The van der Waals surface area contributed by atoms with E-state index >= 15 is 0 Å². The van der Waals surface area contributed by atoms with Crippen molar-refractivity contribution in [1.82, 2.24) is 14.1 Å². The Balaban J connectivity index is 1.65. The van der Waals surface area contributed by atoms with Gasteiger partial charge in [-0.3, -0.25) is 13.9 Å². The molecular weight excluding hydrogens is 501 g/mol. The van der Waals surface area contributed by atoms with Gasteiger partial charge in [0, 0.05) is 10.8 Å². The van der Waals surface area contributed by atoms with E-state index < -0.39 is 5.82 Å². The molecule has 5 aromatic rings. The maximum atomic E-state index is 13.6. The molecule has 0 spiro atoms. The smallest absolute Gasteiger partial charge is 0.278 e. The summed E-state index contributed by atoms with van der Waals surface area (Å²) in [5.74, 6) is 0.726. The Morgan fingerprint density at radius 2 is 1.97 bits per heavy atom. The highest BCUT2D eigenvalue weighted by Crippen LogP contribution is 2.30. The topological polar surface area (TPSA) is 53.0 Å². The molecule has 0 N–H and O–H groups in total.